The van der Waals surface area contributed by atoms with Crippen molar-refractivity contribution in [3.8, 4) is 0 Å². The van der Waals surface area contributed by atoms with Crippen LogP contribution in [0.1, 0.15) is 18.4 Å². The van der Waals surface area contributed by atoms with E-state index in [4.69, 9.17) is 9.47 Å². The summed E-state index contributed by atoms with van der Waals surface area (Å²) in [6.45, 7) is 3.83. The average Bonchev–Trinajstić information content (AvgIpc) is 2.55. The summed E-state index contributed by atoms with van der Waals surface area (Å²) in [5.74, 6) is -0.0649. The second kappa shape index (κ2) is 10.6. The molecule has 1 saturated heterocycles. The van der Waals surface area contributed by atoms with E-state index in [2.05, 4.69) is 10.6 Å². The topological polar surface area (TPSA) is 59.6 Å². The molecular formula is C17H27ClN2O3. The highest BCUT2D eigenvalue weighted by Gasteiger charge is 2.32. The van der Waals surface area contributed by atoms with Crippen molar-refractivity contribution in [3.63, 3.8) is 0 Å². The van der Waals surface area contributed by atoms with Gasteiger partial charge in [-0.3, -0.25) is 4.79 Å². The number of nitrogens with one attached hydrogen (secondary N) is 2. The van der Waals surface area contributed by atoms with E-state index in [0.717, 1.165) is 31.5 Å². The van der Waals surface area contributed by atoms with Crippen LogP contribution in [-0.2, 0) is 20.9 Å². The zero-order valence-corrected chi connectivity index (χ0v) is 14.5. The molecule has 0 unspecified atom stereocenters. The zero-order chi connectivity index (χ0) is 15.7. The van der Waals surface area contributed by atoms with Crippen molar-refractivity contribution in [2.75, 3.05) is 40.0 Å². The first-order valence-electron chi connectivity index (χ1n) is 7.82. The van der Waals surface area contributed by atoms with Crippen molar-refractivity contribution in [1.29, 1.82) is 0 Å². The van der Waals surface area contributed by atoms with Gasteiger partial charge in [-0.1, -0.05) is 30.3 Å². The van der Waals surface area contributed by atoms with Crippen LogP contribution in [0.3, 0.4) is 0 Å². The smallest absolute Gasteiger partial charge is 0.246 e. The fourth-order valence-electron chi connectivity index (χ4n) is 2.81. The quantitative estimate of drug-likeness (QED) is 0.755. The summed E-state index contributed by atoms with van der Waals surface area (Å²) in [6.07, 6.45) is 2.04. The molecule has 0 bridgehead atoms. The fraction of sp³-hybridized carbons (Fsp3) is 0.588. The maximum absolute atomic E-state index is 11.9. The molecule has 1 heterocycles. The number of methoxy groups -OCH3 is 1. The van der Waals surface area contributed by atoms with Gasteiger partial charge in [-0.2, -0.15) is 0 Å². The van der Waals surface area contributed by atoms with E-state index >= 15 is 0 Å². The summed E-state index contributed by atoms with van der Waals surface area (Å²) in [5, 5.41) is 6.34. The molecule has 1 aromatic rings. The highest BCUT2D eigenvalue weighted by Crippen LogP contribution is 2.28. The fourth-order valence-corrected chi connectivity index (χ4v) is 2.81. The van der Waals surface area contributed by atoms with Crippen LogP contribution in [0.4, 0.5) is 0 Å². The number of piperidine rings is 1. The molecule has 0 spiro atoms. The van der Waals surface area contributed by atoms with E-state index in [1.54, 1.807) is 7.11 Å². The maximum Gasteiger partial charge on any atom is 0.246 e. The summed E-state index contributed by atoms with van der Waals surface area (Å²) in [4.78, 5) is 11.9. The Bertz CT molecular complexity index is 445. The van der Waals surface area contributed by atoms with Crippen LogP contribution < -0.4 is 10.6 Å². The van der Waals surface area contributed by atoms with Crippen LogP contribution in [0, 0.1) is 5.41 Å². The Balaban J connectivity index is 0.00000264. The highest BCUT2D eigenvalue weighted by molar-refractivity contribution is 5.85. The predicted octanol–water partition coefficient (Wildman–Crippen LogP) is 1.76. The van der Waals surface area contributed by atoms with Crippen LogP contribution in [0.5, 0.6) is 0 Å². The minimum absolute atomic E-state index is 0. The third-order valence-corrected chi connectivity index (χ3v) is 4.12. The molecular weight excluding hydrogens is 316 g/mol. The van der Waals surface area contributed by atoms with Gasteiger partial charge in [-0.05, 0) is 31.5 Å². The SMILES string of the molecule is COCC1(CNC(=O)COCc2ccccc2)CCNCC1.Cl. The van der Waals surface area contributed by atoms with Gasteiger partial charge in [-0.25, -0.2) is 0 Å². The number of amides is 1. The first-order chi connectivity index (χ1) is 10.7. The third kappa shape index (κ3) is 6.87. The summed E-state index contributed by atoms with van der Waals surface area (Å²) < 4.78 is 10.8. The molecule has 2 rings (SSSR count). The molecule has 1 aromatic carbocycles. The normalized spacial score (nSPS) is 16.4. The summed E-state index contributed by atoms with van der Waals surface area (Å²) >= 11 is 0. The van der Waals surface area contributed by atoms with E-state index in [-0.39, 0.29) is 30.3 Å². The van der Waals surface area contributed by atoms with E-state index in [1.807, 2.05) is 30.3 Å². The van der Waals surface area contributed by atoms with E-state index in [1.165, 1.54) is 0 Å². The van der Waals surface area contributed by atoms with Gasteiger partial charge in [-0.15, -0.1) is 12.4 Å². The molecule has 1 aliphatic heterocycles. The van der Waals surface area contributed by atoms with E-state index in [9.17, 15) is 4.79 Å². The monoisotopic (exact) mass is 342 g/mol. The van der Waals surface area contributed by atoms with E-state index < -0.39 is 0 Å². The maximum atomic E-state index is 11.9. The number of carbonyl (C=O) groups is 1. The minimum Gasteiger partial charge on any atom is -0.384 e. The standard InChI is InChI=1S/C17H26N2O3.ClH/c1-21-14-17(7-9-18-10-8-17)13-19-16(20)12-22-11-15-5-3-2-4-6-15;/h2-6,18H,7-14H2,1H3,(H,19,20);1H. The Morgan fingerprint density at radius 1 is 1.26 bits per heavy atom. The molecule has 2 N–H and O–H groups in total. The number of hydrogen-bond donors (Lipinski definition) is 2. The van der Waals surface area contributed by atoms with E-state index in [0.29, 0.717) is 19.8 Å². The van der Waals surface area contributed by atoms with Gasteiger partial charge in [0.15, 0.2) is 0 Å². The highest BCUT2D eigenvalue weighted by atomic mass is 35.5. The number of ether oxygens (including phenoxy) is 2. The lowest BCUT2D eigenvalue weighted by Gasteiger charge is -2.37. The Labute approximate surface area is 144 Å². The van der Waals surface area contributed by atoms with Crippen molar-refractivity contribution in [3.05, 3.63) is 35.9 Å². The number of rotatable bonds is 8. The largest absolute Gasteiger partial charge is 0.384 e. The first kappa shape index (κ1) is 19.9. The van der Waals surface area contributed by atoms with Gasteiger partial charge >= 0.3 is 0 Å². The average molecular weight is 343 g/mol. The van der Waals surface area contributed by atoms with Crippen LogP contribution in [0.15, 0.2) is 30.3 Å². The Morgan fingerprint density at radius 2 is 1.96 bits per heavy atom. The van der Waals surface area contributed by atoms with Crippen LogP contribution in [0.2, 0.25) is 0 Å². The minimum atomic E-state index is -0.0649. The van der Waals surface area contributed by atoms with Crippen molar-refractivity contribution >= 4 is 18.3 Å². The van der Waals surface area contributed by atoms with Crippen molar-refractivity contribution < 1.29 is 14.3 Å². The predicted molar refractivity (Wildman–Crippen MR) is 92.8 cm³/mol. The van der Waals surface area contributed by atoms with Gasteiger partial charge in [0, 0.05) is 19.1 Å². The van der Waals surface area contributed by atoms with Gasteiger partial charge in [0.2, 0.25) is 5.91 Å². The third-order valence-electron chi connectivity index (χ3n) is 4.12. The van der Waals surface area contributed by atoms with Crippen LogP contribution >= 0.6 is 12.4 Å². The number of carbonyl (C=O) groups excluding carboxylic acids is 1. The molecule has 0 saturated carbocycles. The van der Waals surface area contributed by atoms with Crippen molar-refractivity contribution in [2.24, 2.45) is 5.41 Å². The molecule has 130 valence electrons. The zero-order valence-electron chi connectivity index (χ0n) is 13.7. The molecule has 5 nitrogen and oxygen atoms in total. The van der Waals surface area contributed by atoms with Gasteiger partial charge in [0.1, 0.15) is 6.61 Å². The Morgan fingerprint density at radius 3 is 2.61 bits per heavy atom. The molecule has 1 amide bonds. The van der Waals surface area contributed by atoms with Crippen molar-refractivity contribution in [1.82, 2.24) is 10.6 Å². The van der Waals surface area contributed by atoms with Crippen LogP contribution in [-0.4, -0.2) is 45.9 Å². The summed E-state index contributed by atoms with van der Waals surface area (Å²) in [6, 6.07) is 9.86. The molecule has 0 radical (unpaired) electrons. The van der Waals surface area contributed by atoms with Gasteiger partial charge < -0.3 is 20.1 Å². The van der Waals surface area contributed by atoms with Gasteiger partial charge in [0.05, 0.1) is 13.2 Å². The lowest BCUT2D eigenvalue weighted by molar-refractivity contribution is -0.127. The molecule has 1 fully saturated rings. The summed E-state index contributed by atoms with van der Waals surface area (Å²) in [7, 11) is 1.72. The molecule has 0 atom stereocenters. The molecule has 23 heavy (non-hydrogen) atoms. The molecule has 0 aliphatic carbocycles. The van der Waals surface area contributed by atoms with Crippen LogP contribution in [0.25, 0.3) is 0 Å². The lowest BCUT2D eigenvalue weighted by atomic mass is 9.79. The second-order valence-corrected chi connectivity index (χ2v) is 5.94. The number of hydrogen-bond acceptors (Lipinski definition) is 4. The lowest BCUT2D eigenvalue weighted by Crippen LogP contribution is -2.47. The summed E-state index contributed by atoms with van der Waals surface area (Å²) in [5.41, 5.74) is 1.12. The molecule has 1 aliphatic rings. The Kier molecular flexibility index (Phi) is 9.17. The molecule has 6 heteroatoms. The van der Waals surface area contributed by atoms with Crippen molar-refractivity contribution in [2.45, 2.75) is 19.4 Å². The Hall–Kier alpha value is -1.14. The second-order valence-electron chi connectivity index (χ2n) is 5.94. The first-order valence-corrected chi connectivity index (χ1v) is 7.82. The molecule has 0 aromatic heterocycles. The number of benzene rings is 1. The number of halogens is 1. The van der Waals surface area contributed by atoms with Gasteiger partial charge in [0.25, 0.3) is 0 Å².